The number of alkyl halides is 2. The number of amides is 1. The van der Waals surface area contributed by atoms with Crippen LogP contribution in [-0.2, 0) is 9.84 Å². The van der Waals surface area contributed by atoms with Gasteiger partial charge < -0.3 is 5.32 Å². The maximum atomic E-state index is 12.6. The zero-order chi connectivity index (χ0) is 21.1. The number of rotatable bonds is 7. The van der Waals surface area contributed by atoms with Crippen molar-refractivity contribution in [1.29, 1.82) is 0 Å². The van der Waals surface area contributed by atoms with Gasteiger partial charge in [0.2, 0.25) is 9.84 Å². The van der Waals surface area contributed by atoms with Crippen LogP contribution in [-0.4, -0.2) is 20.1 Å². The molecule has 0 unspecified atom stereocenters. The first-order valence-corrected chi connectivity index (χ1v) is 10.6. The Labute approximate surface area is 164 Å². The number of halogens is 2. The van der Waals surface area contributed by atoms with E-state index in [4.69, 9.17) is 0 Å². The first kappa shape index (κ1) is 22.0. The Bertz CT molecular complexity index is 906. The van der Waals surface area contributed by atoms with Crippen LogP contribution >= 0.6 is 0 Å². The van der Waals surface area contributed by atoms with Crippen LogP contribution in [0.5, 0.6) is 0 Å². The molecule has 2 rings (SSSR count). The minimum atomic E-state index is -4.68. The third-order valence-electron chi connectivity index (χ3n) is 4.60. The fourth-order valence-electron chi connectivity index (χ4n) is 2.85. The molecule has 1 N–H and O–H groups in total. The molecule has 0 saturated carbocycles. The van der Waals surface area contributed by atoms with Crippen molar-refractivity contribution in [2.75, 3.05) is 0 Å². The zero-order valence-electron chi connectivity index (χ0n) is 16.3. The number of benzene rings is 2. The number of sulfone groups is 1. The molecule has 0 aliphatic heterocycles. The largest absolute Gasteiger partial charge is 0.345 e. The molecule has 1 amide bonds. The van der Waals surface area contributed by atoms with Crippen molar-refractivity contribution in [3.8, 4) is 0 Å². The Balaban J connectivity index is 2.20. The normalized spacial score (nSPS) is 13.2. The van der Waals surface area contributed by atoms with E-state index in [0.29, 0.717) is 5.92 Å². The third kappa shape index (κ3) is 4.95. The predicted octanol–water partition coefficient (Wildman–Crippen LogP) is 4.93. The Morgan fingerprint density at radius 2 is 1.36 bits per heavy atom. The lowest BCUT2D eigenvalue weighted by molar-refractivity contribution is 0.0925. The fraction of sp³-hybridized carbons (Fsp3) is 0.381. The Morgan fingerprint density at radius 3 is 1.79 bits per heavy atom. The second-order valence-electron chi connectivity index (χ2n) is 7.35. The molecular formula is C21H25F2NO3S. The van der Waals surface area contributed by atoms with E-state index in [1.165, 1.54) is 17.7 Å². The minimum absolute atomic E-state index is 0.118. The number of nitrogens with one attached hydrogen (secondary N) is 1. The maximum Gasteiger partial charge on any atom is 0.341 e. The number of hydrogen-bond acceptors (Lipinski definition) is 3. The highest BCUT2D eigenvalue weighted by Crippen LogP contribution is 2.25. The van der Waals surface area contributed by atoms with Crippen molar-refractivity contribution in [3.05, 3.63) is 65.2 Å². The summed E-state index contributed by atoms with van der Waals surface area (Å²) in [7, 11) is -4.68. The van der Waals surface area contributed by atoms with E-state index in [9.17, 15) is 22.0 Å². The van der Waals surface area contributed by atoms with Gasteiger partial charge >= 0.3 is 5.76 Å². The average Bonchev–Trinajstić information content (AvgIpc) is 2.65. The summed E-state index contributed by atoms with van der Waals surface area (Å²) in [5.41, 5.74) is 2.37. The summed E-state index contributed by atoms with van der Waals surface area (Å²) in [6.45, 7) is 8.18. The average molecular weight is 409 g/mol. The van der Waals surface area contributed by atoms with E-state index < -0.39 is 26.4 Å². The van der Waals surface area contributed by atoms with Crippen molar-refractivity contribution in [2.24, 2.45) is 5.92 Å². The van der Waals surface area contributed by atoms with Crippen molar-refractivity contribution in [2.45, 2.75) is 50.3 Å². The quantitative estimate of drug-likeness (QED) is 0.705. The Kier molecular flexibility index (Phi) is 6.93. The number of hydrogen-bond donors (Lipinski definition) is 1. The maximum absolute atomic E-state index is 12.6. The lowest BCUT2D eigenvalue weighted by atomic mass is 9.93. The molecule has 2 aromatic rings. The monoisotopic (exact) mass is 409 g/mol. The lowest BCUT2D eigenvalue weighted by Crippen LogP contribution is -2.31. The van der Waals surface area contributed by atoms with E-state index in [1.54, 1.807) is 0 Å². The summed E-state index contributed by atoms with van der Waals surface area (Å²) in [5.74, 6) is -3.37. The van der Waals surface area contributed by atoms with E-state index in [-0.39, 0.29) is 17.5 Å². The molecule has 2 aromatic carbocycles. The van der Waals surface area contributed by atoms with Crippen LogP contribution in [0.3, 0.4) is 0 Å². The molecule has 28 heavy (non-hydrogen) atoms. The highest BCUT2D eigenvalue weighted by molar-refractivity contribution is 7.91. The van der Waals surface area contributed by atoms with Gasteiger partial charge in [0.15, 0.2) is 0 Å². The van der Waals surface area contributed by atoms with Crippen LogP contribution < -0.4 is 5.32 Å². The van der Waals surface area contributed by atoms with E-state index >= 15 is 0 Å². The number of carbonyl (C=O) groups excluding carboxylic acids is 1. The standard InChI is InChI=1S/C21H25F2NO3S/c1-13(2)15-5-7-16(8-6-15)19(14(3)4)24-20(25)17-9-11-18(12-10-17)28(26,27)21(22)23/h5-14,19,21H,1-4H3,(H,24,25)/t19-/m0/s1. The Morgan fingerprint density at radius 1 is 0.857 bits per heavy atom. The van der Waals surface area contributed by atoms with Gasteiger partial charge in [-0.05, 0) is 47.2 Å². The van der Waals surface area contributed by atoms with Gasteiger partial charge in [-0.3, -0.25) is 4.79 Å². The molecule has 0 saturated heterocycles. The van der Waals surface area contributed by atoms with Crippen LogP contribution in [0.4, 0.5) is 8.78 Å². The van der Waals surface area contributed by atoms with Crippen LogP contribution in [0, 0.1) is 5.92 Å². The van der Waals surface area contributed by atoms with Crippen molar-refractivity contribution in [1.82, 2.24) is 5.32 Å². The van der Waals surface area contributed by atoms with Crippen molar-refractivity contribution in [3.63, 3.8) is 0 Å². The summed E-state index contributed by atoms with van der Waals surface area (Å²) in [4.78, 5) is 12.1. The molecule has 0 bridgehead atoms. The summed E-state index contributed by atoms with van der Waals surface area (Å²) in [6, 6.07) is 12.3. The lowest BCUT2D eigenvalue weighted by Gasteiger charge is -2.23. The molecule has 0 aliphatic rings. The SMILES string of the molecule is CC(C)c1ccc([C@@H](NC(=O)c2ccc(S(=O)(=O)C(F)F)cc2)C(C)C)cc1. The molecule has 0 radical (unpaired) electrons. The highest BCUT2D eigenvalue weighted by atomic mass is 32.2. The van der Waals surface area contributed by atoms with Gasteiger partial charge in [0, 0.05) is 5.56 Å². The topological polar surface area (TPSA) is 63.2 Å². The molecule has 7 heteroatoms. The van der Waals surface area contributed by atoms with Gasteiger partial charge in [-0.15, -0.1) is 0 Å². The van der Waals surface area contributed by atoms with Gasteiger partial charge in [0.1, 0.15) is 0 Å². The van der Waals surface area contributed by atoms with Crippen LogP contribution in [0.1, 0.15) is 61.1 Å². The summed E-state index contributed by atoms with van der Waals surface area (Å²) < 4.78 is 48.2. The molecular weight excluding hydrogens is 384 g/mol. The smallest absolute Gasteiger partial charge is 0.341 e. The second-order valence-corrected chi connectivity index (χ2v) is 9.26. The first-order chi connectivity index (χ1) is 13.0. The molecule has 4 nitrogen and oxygen atoms in total. The highest BCUT2D eigenvalue weighted by Gasteiger charge is 2.27. The van der Waals surface area contributed by atoms with Gasteiger partial charge in [-0.25, -0.2) is 8.42 Å². The van der Waals surface area contributed by atoms with Gasteiger partial charge in [0.25, 0.3) is 5.91 Å². The van der Waals surface area contributed by atoms with E-state index in [2.05, 4.69) is 19.2 Å². The van der Waals surface area contributed by atoms with Crippen LogP contribution in [0.25, 0.3) is 0 Å². The molecule has 0 fully saturated rings. The fourth-order valence-corrected chi connectivity index (χ4v) is 3.57. The predicted molar refractivity (Wildman–Crippen MR) is 105 cm³/mol. The summed E-state index contributed by atoms with van der Waals surface area (Å²) in [6.07, 6.45) is 0. The van der Waals surface area contributed by atoms with Crippen LogP contribution in [0.2, 0.25) is 0 Å². The Hall–Kier alpha value is -2.28. The molecule has 0 heterocycles. The molecule has 0 aromatic heterocycles. The van der Waals surface area contributed by atoms with Crippen molar-refractivity contribution >= 4 is 15.7 Å². The van der Waals surface area contributed by atoms with Crippen molar-refractivity contribution < 1.29 is 22.0 Å². The molecule has 1 atom stereocenters. The van der Waals surface area contributed by atoms with Gasteiger partial charge in [-0.2, -0.15) is 8.78 Å². The van der Waals surface area contributed by atoms with E-state index in [1.807, 2.05) is 38.1 Å². The minimum Gasteiger partial charge on any atom is -0.345 e. The third-order valence-corrected chi connectivity index (χ3v) is 5.99. The first-order valence-electron chi connectivity index (χ1n) is 9.07. The van der Waals surface area contributed by atoms with E-state index in [0.717, 1.165) is 17.7 Å². The van der Waals surface area contributed by atoms with Crippen LogP contribution in [0.15, 0.2) is 53.4 Å². The molecule has 0 spiro atoms. The van der Waals surface area contributed by atoms with Gasteiger partial charge in [-0.1, -0.05) is 52.0 Å². The second kappa shape index (κ2) is 8.82. The molecule has 152 valence electrons. The van der Waals surface area contributed by atoms with Gasteiger partial charge in [0.05, 0.1) is 10.9 Å². The zero-order valence-corrected chi connectivity index (χ0v) is 17.1. The number of carbonyl (C=O) groups is 1. The summed E-state index contributed by atoms with van der Waals surface area (Å²) in [5, 5.41) is 2.94. The molecule has 0 aliphatic carbocycles. The summed E-state index contributed by atoms with van der Waals surface area (Å²) >= 11 is 0.